The van der Waals surface area contributed by atoms with Gasteiger partial charge in [-0.25, -0.2) is 0 Å². The number of nitrogens with zero attached hydrogens (tertiary/aromatic N) is 1. The molecule has 1 fully saturated rings. The summed E-state index contributed by atoms with van der Waals surface area (Å²) in [6.07, 6.45) is 5.45. The normalized spacial score (nSPS) is 23.6. The van der Waals surface area contributed by atoms with Crippen molar-refractivity contribution in [3.63, 3.8) is 0 Å². The number of amides is 1. The summed E-state index contributed by atoms with van der Waals surface area (Å²) in [5.74, 6) is 1.31. The van der Waals surface area contributed by atoms with Crippen molar-refractivity contribution in [1.29, 1.82) is 0 Å². The van der Waals surface area contributed by atoms with Crippen molar-refractivity contribution in [2.24, 2.45) is 5.92 Å². The summed E-state index contributed by atoms with van der Waals surface area (Å²) in [4.78, 5) is 15.0. The molecule has 2 aliphatic heterocycles. The lowest BCUT2D eigenvalue weighted by atomic mass is 9.87. The first-order chi connectivity index (χ1) is 14.2. The molecule has 2 aromatic carbocycles. The molecule has 4 rings (SSSR count). The summed E-state index contributed by atoms with van der Waals surface area (Å²) < 4.78 is 5.83. The number of carbonyl (C=O) groups excluding carboxylic acids is 1. The lowest BCUT2D eigenvalue weighted by molar-refractivity contribution is -0.124. The smallest absolute Gasteiger partial charge is 0.258 e. The Hall–Kier alpha value is -2.04. The molecule has 2 atom stereocenters. The number of para-hydroxylation sites is 1. The van der Waals surface area contributed by atoms with Gasteiger partial charge in [0.25, 0.3) is 5.91 Å². The molecule has 0 aliphatic carbocycles. The maximum absolute atomic E-state index is 12.5. The molecule has 154 valence electrons. The van der Waals surface area contributed by atoms with Gasteiger partial charge in [-0.05, 0) is 60.9 Å². The quantitative estimate of drug-likeness (QED) is 0.792. The first-order valence-electron chi connectivity index (χ1n) is 10.6. The lowest BCUT2D eigenvalue weighted by Gasteiger charge is -2.39. The Morgan fingerprint density at radius 1 is 1.07 bits per heavy atom. The number of carbonyl (C=O) groups is 1. The number of likely N-dealkylation sites (tertiary alicyclic amines) is 1. The molecule has 0 saturated carbocycles. The van der Waals surface area contributed by atoms with Crippen molar-refractivity contribution in [1.82, 2.24) is 10.2 Å². The minimum Gasteiger partial charge on any atom is -0.483 e. The molecule has 0 unspecified atom stereocenters. The molecule has 0 bridgehead atoms. The van der Waals surface area contributed by atoms with E-state index >= 15 is 0 Å². The fourth-order valence-corrected chi connectivity index (χ4v) is 4.67. The van der Waals surface area contributed by atoms with E-state index in [1.807, 2.05) is 30.3 Å². The van der Waals surface area contributed by atoms with E-state index in [0.29, 0.717) is 5.92 Å². The summed E-state index contributed by atoms with van der Waals surface area (Å²) in [6, 6.07) is 16.4. The standard InChI is InChI=1S/C24H29ClN2O2/c25-21-11-9-18(10-12-21)15-27-14-13-22-20(16-27)7-2-1-5-19-6-3-4-8-23(19)29-17-24(28)26-22/h3-4,6,8-12,20,22H,1-2,5,7,13-17H2,(H,26,28)/t20-,22+/m0/s1. The SMILES string of the molecule is O=C1COc2ccccc2CCCC[C@H]2CN(Cc3ccc(Cl)cc3)CC[C@H]2N1. The maximum atomic E-state index is 12.5. The maximum Gasteiger partial charge on any atom is 0.258 e. The van der Waals surface area contributed by atoms with Crippen molar-refractivity contribution >= 4 is 17.5 Å². The van der Waals surface area contributed by atoms with E-state index in [4.69, 9.17) is 16.3 Å². The van der Waals surface area contributed by atoms with Crippen LogP contribution in [0.5, 0.6) is 5.75 Å². The zero-order chi connectivity index (χ0) is 20.1. The number of ether oxygens (including phenoxy) is 1. The monoisotopic (exact) mass is 412 g/mol. The zero-order valence-corrected chi connectivity index (χ0v) is 17.5. The Morgan fingerprint density at radius 3 is 2.76 bits per heavy atom. The molecule has 29 heavy (non-hydrogen) atoms. The number of halogens is 1. The highest BCUT2D eigenvalue weighted by Gasteiger charge is 2.30. The van der Waals surface area contributed by atoms with E-state index in [-0.39, 0.29) is 18.6 Å². The molecule has 2 aromatic rings. The topological polar surface area (TPSA) is 41.6 Å². The average Bonchev–Trinajstić information content (AvgIpc) is 2.73. The van der Waals surface area contributed by atoms with Crippen molar-refractivity contribution in [2.75, 3.05) is 19.7 Å². The van der Waals surface area contributed by atoms with Gasteiger partial charge in [-0.1, -0.05) is 48.4 Å². The summed E-state index contributed by atoms with van der Waals surface area (Å²) in [7, 11) is 0. The second kappa shape index (κ2) is 9.64. The van der Waals surface area contributed by atoms with Crippen LogP contribution in [0.4, 0.5) is 0 Å². The molecule has 4 nitrogen and oxygen atoms in total. The van der Waals surface area contributed by atoms with Gasteiger partial charge in [-0.15, -0.1) is 0 Å². The summed E-state index contributed by atoms with van der Waals surface area (Å²) in [6.45, 7) is 3.04. The lowest BCUT2D eigenvalue weighted by Crippen LogP contribution is -2.51. The number of benzene rings is 2. The van der Waals surface area contributed by atoms with E-state index in [0.717, 1.165) is 56.1 Å². The summed E-state index contributed by atoms with van der Waals surface area (Å²) in [5.41, 5.74) is 2.49. The second-order valence-electron chi connectivity index (χ2n) is 8.23. The van der Waals surface area contributed by atoms with E-state index < -0.39 is 0 Å². The van der Waals surface area contributed by atoms with Crippen LogP contribution in [0.2, 0.25) is 5.02 Å². The van der Waals surface area contributed by atoms with Gasteiger partial charge < -0.3 is 10.1 Å². The van der Waals surface area contributed by atoms with Crippen LogP contribution in [-0.2, 0) is 17.8 Å². The first kappa shape index (κ1) is 20.2. The van der Waals surface area contributed by atoms with Gasteiger partial charge in [0, 0.05) is 30.7 Å². The van der Waals surface area contributed by atoms with Gasteiger partial charge in [0.1, 0.15) is 5.75 Å². The molecular weight excluding hydrogens is 384 g/mol. The molecule has 2 aliphatic rings. The number of rotatable bonds is 2. The number of fused-ring (bicyclic) bond motifs is 2. The number of hydrogen-bond donors (Lipinski definition) is 1. The Bertz CT molecular complexity index is 824. The van der Waals surface area contributed by atoms with Crippen LogP contribution in [-0.4, -0.2) is 36.5 Å². The van der Waals surface area contributed by atoms with Gasteiger partial charge in [-0.3, -0.25) is 9.69 Å². The molecule has 1 amide bonds. The minimum absolute atomic E-state index is 0.0125. The number of aryl methyl sites for hydroxylation is 1. The Balaban J connectivity index is 1.41. The van der Waals surface area contributed by atoms with E-state index in [2.05, 4.69) is 28.4 Å². The summed E-state index contributed by atoms with van der Waals surface area (Å²) >= 11 is 6.01. The molecule has 0 spiro atoms. The largest absolute Gasteiger partial charge is 0.483 e. The molecular formula is C24H29ClN2O2. The number of piperidine rings is 1. The van der Waals surface area contributed by atoms with E-state index in [1.165, 1.54) is 17.5 Å². The van der Waals surface area contributed by atoms with Crippen molar-refractivity contribution in [2.45, 2.75) is 44.7 Å². The third-order valence-electron chi connectivity index (χ3n) is 6.09. The highest BCUT2D eigenvalue weighted by Crippen LogP contribution is 2.27. The van der Waals surface area contributed by atoms with Gasteiger partial charge in [0.05, 0.1) is 0 Å². The Morgan fingerprint density at radius 2 is 1.90 bits per heavy atom. The van der Waals surface area contributed by atoms with Gasteiger partial charge in [-0.2, -0.15) is 0 Å². The average molecular weight is 413 g/mol. The van der Waals surface area contributed by atoms with Crippen molar-refractivity contribution in [3.8, 4) is 5.75 Å². The second-order valence-corrected chi connectivity index (χ2v) is 8.66. The Kier molecular flexibility index (Phi) is 6.73. The highest BCUT2D eigenvalue weighted by molar-refractivity contribution is 6.30. The molecule has 0 aromatic heterocycles. The minimum atomic E-state index is -0.0125. The fourth-order valence-electron chi connectivity index (χ4n) is 4.55. The predicted molar refractivity (Wildman–Crippen MR) is 116 cm³/mol. The predicted octanol–water partition coefficient (Wildman–Crippen LogP) is 4.45. The number of nitrogens with one attached hydrogen (secondary N) is 1. The van der Waals surface area contributed by atoms with Crippen molar-refractivity contribution in [3.05, 3.63) is 64.7 Å². The third kappa shape index (κ3) is 5.52. The first-order valence-corrected chi connectivity index (χ1v) is 11.0. The van der Waals surface area contributed by atoms with Crippen molar-refractivity contribution < 1.29 is 9.53 Å². The fraction of sp³-hybridized carbons (Fsp3) is 0.458. The van der Waals surface area contributed by atoms with Crippen LogP contribution in [0, 0.1) is 5.92 Å². The molecule has 2 heterocycles. The van der Waals surface area contributed by atoms with Gasteiger partial charge >= 0.3 is 0 Å². The zero-order valence-electron chi connectivity index (χ0n) is 16.8. The third-order valence-corrected chi connectivity index (χ3v) is 6.34. The van der Waals surface area contributed by atoms with Crippen LogP contribution in [0.15, 0.2) is 48.5 Å². The van der Waals surface area contributed by atoms with Gasteiger partial charge in [0.15, 0.2) is 6.61 Å². The van der Waals surface area contributed by atoms with Crippen LogP contribution in [0.3, 0.4) is 0 Å². The van der Waals surface area contributed by atoms with Crippen LogP contribution >= 0.6 is 11.6 Å². The summed E-state index contributed by atoms with van der Waals surface area (Å²) in [5, 5.41) is 4.03. The molecule has 1 N–H and O–H groups in total. The Labute approximate surface area is 178 Å². The van der Waals surface area contributed by atoms with Gasteiger partial charge in [0.2, 0.25) is 0 Å². The molecule has 1 saturated heterocycles. The molecule has 0 radical (unpaired) electrons. The van der Waals surface area contributed by atoms with E-state index in [9.17, 15) is 4.79 Å². The molecule has 5 heteroatoms. The van der Waals surface area contributed by atoms with E-state index in [1.54, 1.807) is 0 Å². The van der Waals surface area contributed by atoms with Crippen LogP contribution in [0.1, 0.15) is 36.8 Å². The van der Waals surface area contributed by atoms with Crippen LogP contribution < -0.4 is 10.1 Å². The highest BCUT2D eigenvalue weighted by atomic mass is 35.5. The van der Waals surface area contributed by atoms with Crippen LogP contribution in [0.25, 0.3) is 0 Å². The number of hydrogen-bond acceptors (Lipinski definition) is 3.